The number of likely N-dealkylation sites (tertiary alicyclic amines) is 1. The Balaban J connectivity index is 1.82. The molecule has 1 amide bonds. The highest BCUT2D eigenvalue weighted by Crippen LogP contribution is 2.33. The SMILES string of the molecule is CCc1ncc(C(=O)N2CCC[C@H]2c2ccc(F)cc2)cn1. The molecule has 2 aromatic rings. The molecule has 2 heterocycles. The van der Waals surface area contributed by atoms with Crippen LogP contribution < -0.4 is 0 Å². The van der Waals surface area contributed by atoms with Gasteiger partial charge in [0.25, 0.3) is 5.91 Å². The summed E-state index contributed by atoms with van der Waals surface area (Å²) in [6, 6.07) is 6.38. The van der Waals surface area contributed by atoms with Crippen molar-refractivity contribution in [2.45, 2.75) is 32.2 Å². The second kappa shape index (κ2) is 6.22. The van der Waals surface area contributed by atoms with Crippen LogP contribution in [0.3, 0.4) is 0 Å². The molecule has 22 heavy (non-hydrogen) atoms. The number of carbonyl (C=O) groups is 1. The fraction of sp³-hybridized carbons (Fsp3) is 0.353. The van der Waals surface area contributed by atoms with Crippen molar-refractivity contribution >= 4 is 5.91 Å². The summed E-state index contributed by atoms with van der Waals surface area (Å²) in [5.41, 5.74) is 1.48. The zero-order valence-electron chi connectivity index (χ0n) is 12.5. The predicted octanol–water partition coefficient (Wildman–Crippen LogP) is 3.16. The van der Waals surface area contributed by atoms with Crippen molar-refractivity contribution in [2.75, 3.05) is 6.54 Å². The minimum Gasteiger partial charge on any atom is -0.332 e. The minimum absolute atomic E-state index is 0.000971. The summed E-state index contributed by atoms with van der Waals surface area (Å²) < 4.78 is 13.1. The van der Waals surface area contributed by atoms with Gasteiger partial charge < -0.3 is 4.90 Å². The van der Waals surface area contributed by atoms with Crippen LogP contribution >= 0.6 is 0 Å². The lowest BCUT2D eigenvalue weighted by Gasteiger charge is -2.25. The van der Waals surface area contributed by atoms with E-state index in [9.17, 15) is 9.18 Å². The highest BCUT2D eigenvalue weighted by atomic mass is 19.1. The molecule has 0 saturated carbocycles. The highest BCUT2D eigenvalue weighted by Gasteiger charge is 2.30. The molecule has 1 atom stereocenters. The molecule has 0 bridgehead atoms. The monoisotopic (exact) mass is 299 g/mol. The van der Waals surface area contributed by atoms with E-state index in [1.54, 1.807) is 24.5 Å². The Morgan fingerprint density at radius 1 is 1.27 bits per heavy atom. The van der Waals surface area contributed by atoms with Crippen LogP contribution in [0.1, 0.15) is 47.6 Å². The summed E-state index contributed by atoms with van der Waals surface area (Å²) in [6.07, 6.45) is 5.77. The number of amides is 1. The molecular weight excluding hydrogens is 281 g/mol. The van der Waals surface area contributed by atoms with Crippen LogP contribution in [0.2, 0.25) is 0 Å². The number of rotatable bonds is 3. The Morgan fingerprint density at radius 2 is 1.95 bits per heavy atom. The van der Waals surface area contributed by atoms with E-state index in [0.29, 0.717) is 12.1 Å². The molecule has 0 spiro atoms. The summed E-state index contributed by atoms with van der Waals surface area (Å²) in [7, 11) is 0. The maximum absolute atomic E-state index is 13.1. The smallest absolute Gasteiger partial charge is 0.257 e. The van der Waals surface area contributed by atoms with Gasteiger partial charge in [-0.3, -0.25) is 4.79 Å². The lowest BCUT2D eigenvalue weighted by molar-refractivity contribution is 0.0734. The predicted molar refractivity (Wildman–Crippen MR) is 80.8 cm³/mol. The average molecular weight is 299 g/mol. The van der Waals surface area contributed by atoms with E-state index >= 15 is 0 Å². The summed E-state index contributed by atoms with van der Waals surface area (Å²) >= 11 is 0. The molecule has 1 aliphatic rings. The van der Waals surface area contributed by atoms with Crippen LogP contribution in [-0.4, -0.2) is 27.3 Å². The van der Waals surface area contributed by atoms with E-state index in [4.69, 9.17) is 0 Å². The molecule has 0 N–H and O–H groups in total. The summed E-state index contributed by atoms with van der Waals surface area (Å²) in [5.74, 6) is 0.408. The van der Waals surface area contributed by atoms with Gasteiger partial charge in [-0.15, -0.1) is 0 Å². The van der Waals surface area contributed by atoms with E-state index in [2.05, 4.69) is 9.97 Å². The Kier molecular flexibility index (Phi) is 4.13. The van der Waals surface area contributed by atoms with Crippen molar-refractivity contribution in [1.82, 2.24) is 14.9 Å². The number of benzene rings is 1. The van der Waals surface area contributed by atoms with Crippen LogP contribution in [-0.2, 0) is 6.42 Å². The van der Waals surface area contributed by atoms with E-state index in [-0.39, 0.29) is 17.8 Å². The molecule has 5 heteroatoms. The normalized spacial score (nSPS) is 17.7. The van der Waals surface area contributed by atoms with E-state index in [1.165, 1.54) is 12.1 Å². The zero-order chi connectivity index (χ0) is 15.5. The molecule has 1 aliphatic heterocycles. The maximum atomic E-state index is 13.1. The molecule has 114 valence electrons. The van der Waals surface area contributed by atoms with E-state index in [1.807, 2.05) is 11.8 Å². The highest BCUT2D eigenvalue weighted by molar-refractivity contribution is 5.94. The molecule has 0 radical (unpaired) electrons. The maximum Gasteiger partial charge on any atom is 0.257 e. The summed E-state index contributed by atoms with van der Waals surface area (Å²) in [5, 5.41) is 0. The largest absolute Gasteiger partial charge is 0.332 e. The van der Waals surface area contributed by atoms with Gasteiger partial charge in [0, 0.05) is 25.4 Å². The standard InChI is InChI=1S/C17H18FN3O/c1-2-16-19-10-13(11-20-16)17(22)21-9-3-4-15(21)12-5-7-14(18)8-6-12/h5-8,10-11,15H,2-4,9H2,1H3/t15-/m0/s1. The van der Waals surface area contributed by atoms with Gasteiger partial charge in [-0.05, 0) is 30.5 Å². The molecule has 1 fully saturated rings. The third-order valence-corrected chi connectivity index (χ3v) is 4.04. The van der Waals surface area contributed by atoms with Gasteiger partial charge in [0.15, 0.2) is 0 Å². The van der Waals surface area contributed by atoms with Gasteiger partial charge in [0.1, 0.15) is 11.6 Å². The third-order valence-electron chi connectivity index (χ3n) is 4.04. The Bertz CT molecular complexity index is 655. The molecular formula is C17H18FN3O. The number of aromatic nitrogens is 2. The number of aryl methyl sites for hydroxylation is 1. The van der Waals surface area contributed by atoms with Gasteiger partial charge in [0.2, 0.25) is 0 Å². The number of nitrogens with zero attached hydrogens (tertiary/aromatic N) is 3. The van der Waals surface area contributed by atoms with Gasteiger partial charge in [-0.25, -0.2) is 14.4 Å². The van der Waals surface area contributed by atoms with Crippen LogP contribution in [0, 0.1) is 5.82 Å². The Morgan fingerprint density at radius 3 is 2.59 bits per heavy atom. The number of hydrogen-bond acceptors (Lipinski definition) is 3. The number of hydrogen-bond donors (Lipinski definition) is 0. The van der Waals surface area contributed by atoms with Crippen molar-refractivity contribution in [1.29, 1.82) is 0 Å². The molecule has 4 nitrogen and oxygen atoms in total. The first-order valence-corrected chi connectivity index (χ1v) is 7.56. The van der Waals surface area contributed by atoms with Gasteiger partial charge in [-0.2, -0.15) is 0 Å². The number of carbonyl (C=O) groups excluding carboxylic acids is 1. The van der Waals surface area contributed by atoms with Crippen molar-refractivity contribution in [3.63, 3.8) is 0 Å². The van der Waals surface area contributed by atoms with Crippen LogP contribution in [0.5, 0.6) is 0 Å². The van der Waals surface area contributed by atoms with E-state index in [0.717, 1.165) is 30.7 Å². The second-order valence-electron chi connectivity index (χ2n) is 5.45. The molecule has 1 aromatic carbocycles. The quantitative estimate of drug-likeness (QED) is 0.874. The van der Waals surface area contributed by atoms with Crippen LogP contribution in [0.25, 0.3) is 0 Å². The van der Waals surface area contributed by atoms with Crippen LogP contribution in [0.4, 0.5) is 4.39 Å². The lowest BCUT2D eigenvalue weighted by Crippen LogP contribution is -2.30. The van der Waals surface area contributed by atoms with Crippen molar-refractivity contribution in [2.24, 2.45) is 0 Å². The zero-order valence-corrected chi connectivity index (χ0v) is 12.5. The number of halogens is 1. The topological polar surface area (TPSA) is 46.1 Å². The van der Waals surface area contributed by atoms with E-state index < -0.39 is 0 Å². The van der Waals surface area contributed by atoms with Crippen molar-refractivity contribution in [3.8, 4) is 0 Å². The van der Waals surface area contributed by atoms with Gasteiger partial charge >= 0.3 is 0 Å². The average Bonchev–Trinajstić information content (AvgIpc) is 3.04. The lowest BCUT2D eigenvalue weighted by atomic mass is 10.0. The Hall–Kier alpha value is -2.30. The van der Waals surface area contributed by atoms with Gasteiger partial charge in [-0.1, -0.05) is 19.1 Å². The van der Waals surface area contributed by atoms with Crippen molar-refractivity contribution in [3.05, 3.63) is 59.4 Å². The first kappa shape index (κ1) is 14.6. The molecule has 3 rings (SSSR count). The molecule has 1 saturated heterocycles. The molecule has 0 unspecified atom stereocenters. The minimum atomic E-state index is -0.261. The molecule has 1 aromatic heterocycles. The van der Waals surface area contributed by atoms with Crippen LogP contribution in [0.15, 0.2) is 36.7 Å². The van der Waals surface area contributed by atoms with Crippen molar-refractivity contribution < 1.29 is 9.18 Å². The Labute approximate surface area is 129 Å². The second-order valence-corrected chi connectivity index (χ2v) is 5.45. The fourth-order valence-electron chi connectivity index (χ4n) is 2.85. The molecule has 0 aliphatic carbocycles. The first-order chi connectivity index (χ1) is 10.7. The first-order valence-electron chi connectivity index (χ1n) is 7.56. The van der Waals surface area contributed by atoms with Gasteiger partial charge in [0.05, 0.1) is 11.6 Å². The third kappa shape index (κ3) is 2.84. The summed E-state index contributed by atoms with van der Waals surface area (Å²) in [4.78, 5) is 22.9. The summed E-state index contributed by atoms with van der Waals surface area (Å²) in [6.45, 7) is 2.68. The fourth-order valence-corrected chi connectivity index (χ4v) is 2.85.